The second-order valence-electron chi connectivity index (χ2n) is 4.77. The van der Waals surface area contributed by atoms with Crippen molar-refractivity contribution in [2.75, 3.05) is 65.7 Å². The quantitative estimate of drug-likeness (QED) is 0.480. The fourth-order valence-electron chi connectivity index (χ4n) is 2.35. The van der Waals surface area contributed by atoms with Gasteiger partial charge in [0.15, 0.2) is 0 Å². The van der Waals surface area contributed by atoms with Gasteiger partial charge in [-0.1, -0.05) is 0 Å². The van der Waals surface area contributed by atoms with Crippen molar-refractivity contribution in [2.24, 2.45) is 0 Å². The number of nitro groups is 1. The van der Waals surface area contributed by atoms with Crippen LogP contribution in [0.4, 0.5) is 0 Å². The second-order valence-corrected chi connectivity index (χ2v) is 4.77. The first-order valence-electron chi connectivity index (χ1n) is 6.49. The maximum atomic E-state index is 11.1. The van der Waals surface area contributed by atoms with Gasteiger partial charge in [0.1, 0.15) is 0 Å². The van der Waals surface area contributed by atoms with Gasteiger partial charge < -0.3 is 9.47 Å². The van der Waals surface area contributed by atoms with E-state index in [1.54, 1.807) is 0 Å². The van der Waals surface area contributed by atoms with Gasteiger partial charge in [-0.2, -0.15) is 0 Å². The normalized spacial score (nSPS) is 23.4. The van der Waals surface area contributed by atoms with Crippen molar-refractivity contribution in [3.63, 3.8) is 0 Å². The molecule has 2 saturated heterocycles. The Bertz CT molecular complexity index is 245. The zero-order valence-corrected chi connectivity index (χ0v) is 10.6. The van der Waals surface area contributed by atoms with E-state index in [0.717, 1.165) is 26.2 Å². The first-order chi connectivity index (χ1) is 8.75. The average molecular weight is 259 g/mol. The first kappa shape index (κ1) is 13.7. The van der Waals surface area contributed by atoms with Crippen LogP contribution in [0.3, 0.4) is 0 Å². The molecule has 0 saturated carbocycles. The lowest BCUT2D eigenvalue weighted by atomic mass is 10.2. The fourth-order valence-corrected chi connectivity index (χ4v) is 2.35. The Morgan fingerprint density at radius 2 is 1.33 bits per heavy atom. The van der Waals surface area contributed by atoms with E-state index in [2.05, 4.69) is 9.80 Å². The van der Waals surface area contributed by atoms with Crippen LogP contribution < -0.4 is 0 Å². The molecule has 2 heterocycles. The van der Waals surface area contributed by atoms with E-state index in [4.69, 9.17) is 9.47 Å². The zero-order valence-electron chi connectivity index (χ0n) is 10.6. The summed E-state index contributed by atoms with van der Waals surface area (Å²) in [5, 5.41) is 11.1. The predicted molar refractivity (Wildman–Crippen MR) is 65.3 cm³/mol. The van der Waals surface area contributed by atoms with Crippen molar-refractivity contribution >= 4 is 0 Å². The minimum Gasteiger partial charge on any atom is -0.379 e. The van der Waals surface area contributed by atoms with Gasteiger partial charge in [-0.3, -0.25) is 19.9 Å². The van der Waals surface area contributed by atoms with E-state index in [9.17, 15) is 10.1 Å². The molecule has 0 atom stereocenters. The van der Waals surface area contributed by atoms with Crippen LogP contribution in [0, 0.1) is 10.1 Å². The van der Waals surface area contributed by atoms with Crippen molar-refractivity contribution < 1.29 is 14.4 Å². The Morgan fingerprint density at radius 3 is 1.67 bits per heavy atom. The number of nitrogens with zero attached hydrogens (tertiary/aromatic N) is 3. The second kappa shape index (κ2) is 6.98. The van der Waals surface area contributed by atoms with E-state index in [0.29, 0.717) is 39.5 Å². The fraction of sp³-hybridized carbons (Fsp3) is 1.00. The maximum absolute atomic E-state index is 11.1. The molecule has 0 aliphatic carbocycles. The smallest absolute Gasteiger partial charge is 0.238 e. The number of rotatable bonds is 5. The van der Waals surface area contributed by atoms with Gasteiger partial charge in [0.25, 0.3) is 0 Å². The Labute approximate surface area is 107 Å². The standard InChI is InChI=1S/C11H21N3O4/c15-14(16)11(9-12-1-5-17-6-2-12)10-13-3-7-18-8-4-13/h11H,1-10H2. The SMILES string of the molecule is O=[N+]([O-])C(CN1CCOCC1)CN1CCOCC1. The van der Waals surface area contributed by atoms with E-state index >= 15 is 0 Å². The average Bonchev–Trinajstić information content (AvgIpc) is 2.40. The molecule has 7 nitrogen and oxygen atoms in total. The molecule has 0 radical (unpaired) electrons. The molecule has 7 heteroatoms. The van der Waals surface area contributed by atoms with Crippen LogP contribution in [0.2, 0.25) is 0 Å². The van der Waals surface area contributed by atoms with E-state index in [1.807, 2.05) is 0 Å². The summed E-state index contributed by atoms with van der Waals surface area (Å²) >= 11 is 0. The molecule has 2 fully saturated rings. The van der Waals surface area contributed by atoms with Crippen molar-refractivity contribution in [3.8, 4) is 0 Å². The molecule has 104 valence electrons. The van der Waals surface area contributed by atoms with Crippen molar-refractivity contribution in [1.82, 2.24) is 9.80 Å². The van der Waals surface area contributed by atoms with Crippen LogP contribution in [0.1, 0.15) is 0 Å². The molecule has 0 N–H and O–H groups in total. The highest BCUT2D eigenvalue weighted by molar-refractivity contribution is 4.73. The molecule has 0 aromatic rings. The summed E-state index contributed by atoms with van der Waals surface area (Å²) in [5.74, 6) is 0. The summed E-state index contributed by atoms with van der Waals surface area (Å²) in [5.41, 5.74) is 0. The molecular formula is C11H21N3O4. The van der Waals surface area contributed by atoms with Crippen LogP contribution in [-0.4, -0.2) is 86.5 Å². The van der Waals surface area contributed by atoms with Crippen LogP contribution in [0.25, 0.3) is 0 Å². The summed E-state index contributed by atoms with van der Waals surface area (Å²) in [6, 6.07) is -0.513. The topological polar surface area (TPSA) is 68.1 Å². The lowest BCUT2D eigenvalue weighted by molar-refractivity contribution is -0.524. The number of hydrogen-bond acceptors (Lipinski definition) is 6. The van der Waals surface area contributed by atoms with E-state index in [1.165, 1.54) is 0 Å². The van der Waals surface area contributed by atoms with Crippen molar-refractivity contribution in [2.45, 2.75) is 6.04 Å². The van der Waals surface area contributed by atoms with E-state index in [-0.39, 0.29) is 4.92 Å². The number of hydrogen-bond donors (Lipinski definition) is 0. The van der Waals surface area contributed by atoms with Crippen LogP contribution in [0.5, 0.6) is 0 Å². The maximum Gasteiger partial charge on any atom is 0.238 e. The summed E-state index contributed by atoms with van der Waals surface area (Å²) < 4.78 is 10.5. The molecule has 0 aromatic carbocycles. The monoisotopic (exact) mass is 259 g/mol. The molecule has 2 aliphatic heterocycles. The highest BCUT2D eigenvalue weighted by atomic mass is 16.6. The minimum absolute atomic E-state index is 0.148. The minimum atomic E-state index is -0.513. The van der Waals surface area contributed by atoms with Gasteiger partial charge in [-0.05, 0) is 0 Å². The predicted octanol–water partition coefficient (Wildman–Crippen LogP) is -0.704. The van der Waals surface area contributed by atoms with Crippen LogP contribution in [-0.2, 0) is 9.47 Å². The summed E-state index contributed by atoms with van der Waals surface area (Å²) in [7, 11) is 0. The molecule has 0 unspecified atom stereocenters. The Hall–Kier alpha value is -0.760. The Balaban J connectivity index is 1.80. The van der Waals surface area contributed by atoms with Crippen molar-refractivity contribution in [1.29, 1.82) is 0 Å². The highest BCUT2D eigenvalue weighted by Gasteiger charge is 2.28. The molecule has 2 aliphatic rings. The third kappa shape index (κ3) is 4.16. The summed E-state index contributed by atoms with van der Waals surface area (Å²) in [4.78, 5) is 15.2. The summed E-state index contributed by atoms with van der Waals surface area (Å²) in [6.45, 7) is 6.97. The Morgan fingerprint density at radius 1 is 0.944 bits per heavy atom. The molecular weight excluding hydrogens is 238 g/mol. The Kier molecular flexibility index (Phi) is 5.30. The number of ether oxygens (including phenoxy) is 2. The first-order valence-corrected chi connectivity index (χ1v) is 6.49. The highest BCUT2D eigenvalue weighted by Crippen LogP contribution is 2.05. The van der Waals surface area contributed by atoms with E-state index < -0.39 is 6.04 Å². The van der Waals surface area contributed by atoms with Gasteiger partial charge >= 0.3 is 0 Å². The molecule has 0 spiro atoms. The summed E-state index contributed by atoms with van der Waals surface area (Å²) in [6.07, 6.45) is 0. The third-order valence-corrected chi connectivity index (χ3v) is 3.44. The largest absolute Gasteiger partial charge is 0.379 e. The van der Waals surface area contributed by atoms with Gasteiger partial charge in [0.05, 0.1) is 39.5 Å². The van der Waals surface area contributed by atoms with Crippen LogP contribution in [0.15, 0.2) is 0 Å². The molecule has 18 heavy (non-hydrogen) atoms. The van der Waals surface area contributed by atoms with Gasteiger partial charge in [-0.25, -0.2) is 0 Å². The molecule has 0 amide bonds. The van der Waals surface area contributed by atoms with Crippen molar-refractivity contribution in [3.05, 3.63) is 10.1 Å². The molecule has 0 bridgehead atoms. The number of morpholine rings is 2. The third-order valence-electron chi connectivity index (χ3n) is 3.44. The molecule has 0 aromatic heterocycles. The lowest BCUT2D eigenvalue weighted by Gasteiger charge is -2.31. The lowest BCUT2D eigenvalue weighted by Crippen LogP contribution is -2.49. The van der Waals surface area contributed by atoms with Gasteiger partial charge in [-0.15, -0.1) is 0 Å². The van der Waals surface area contributed by atoms with Crippen LogP contribution >= 0.6 is 0 Å². The van der Waals surface area contributed by atoms with Gasteiger partial charge in [0.2, 0.25) is 6.04 Å². The van der Waals surface area contributed by atoms with Gasteiger partial charge in [0, 0.05) is 31.1 Å². The zero-order chi connectivity index (χ0) is 12.8. The molecule has 2 rings (SSSR count).